The fourth-order valence-electron chi connectivity index (χ4n) is 1.56. The van der Waals surface area contributed by atoms with Crippen LogP contribution in [0.25, 0.3) is 0 Å². The molecule has 0 atom stereocenters. The summed E-state index contributed by atoms with van der Waals surface area (Å²) in [5.74, 6) is -1.64. The van der Waals surface area contributed by atoms with Crippen LogP contribution < -0.4 is 16.0 Å². The summed E-state index contributed by atoms with van der Waals surface area (Å²) in [4.78, 5) is 32.6. The summed E-state index contributed by atoms with van der Waals surface area (Å²) in [5, 5.41) is 15.6. The Bertz CT molecular complexity index is 339. The lowest BCUT2D eigenvalue weighted by Crippen LogP contribution is -2.44. The molecule has 0 heterocycles. The number of carbonyl (C=O) groups excluding carboxylic acids is 2. The smallest absolute Gasteiger partial charge is 0.322 e. The third kappa shape index (κ3) is 5.03. The predicted molar refractivity (Wildman–Crippen MR) is 64.0 cm³/mol. The van der Waals surface area contributed by atoms with E-state index in [0.29, 0.717) is 6.54 Å². The van der Waals surface area contributed by atoms with E-state index in [2.05, 4.69) is 22.9 Å². The summed E-state index contributed by atoms with van der Waals surface area (Å²) in [5.41, 5.74) is 0.253. The quantitative estimate of drug-likeness (QED) is 0.501. The maximum Gasteiger partial charge on any atom is 0.322 e. The van der Waals surface area contributed by atoms with Gasteiger partial charge in [0.1, 0.15) is 6.54 Å². The Hall–Kier alpha value is -1.79. The van der Waals surface area contributed by atoms with Crippen molar-refractivity contribution in [1.29, 1.82) is 0 Å². The van der Waals surface area contributed by atoms with Crippen LogP contribution in [0.4, 0.5) is 4.79 Å². The van der Waals surface area contributed by atoms with E-state index in [1.165, 1.54) is 0 Å². The molecule has 18 heavy (non-hydrogen) atoms. The minimum Gasteiger partial charge on any atom is -0.480 e. The molecular weight excluding hydrogens is 238 g/mol. The highest BCUT2D eigenvalue weighted by molar-refractivity contribution is 5.86. The van der Waals surface area contributed by atoms with E-state index in [-0.39, 0.29) is 12.0 Å². The number of hydrogen-bond acceptors (Lipinski definition) is 3. The highest BCUT2D eigenvalue weighted by atomic mass is 16.4. The summed E-state index contributed by atoms with van der Waals surface area (Å²) >= 11 is 0. The van der Waals surface area contributed by atoms with Gasteiger partial charge in [-0.15, -0.1) is 0 Å². The fourth-order valence-corrected chi connectivity index (χ4v) is 1.56. The Morgan fingerprint density at radius 1 is 1.11 bits per heavy atom. The molecule has 3 amide bonds. The second kappa shape index (κ2) is 6.23. The lowest BCUT2D eigenvalue weighted by Gasteiger charge is -2.13. The minimum atomic E-state index is -1.12. The lowest BCUT2D eigenvalue weighted by molar-refractivity contribution is -0.137. The monoisotopic (exact) mass is 257 g/mol. The van der Waals surface area contributed by atoms with Gasteiger partial charge in [-0.3, -0.25) is 9.59 Å². The molecule has 0 saturated heterocycles. The molecule has 0 aromatic rings. The van der Waals surface area contributed by atoms with Crippen LogP contribution in [-0.2, 0) is 9.59 Å². The van der Waals surface area contributed by atoms with Crippen molar-refractivity contribution in [3.8, 4) is 0 Å². The third-order valence-electron chi connectivity index (χ3n) is 3.18. The summed E-state index contributed by atoms with van der Waals surface area (Å²) < 4.78 is 0. The van der Waals surface area contributed by atoms with Crippen molar-refractivity contribution >= 4 is 17.9 Å². The Morgan fingerprint density at radius 3 is 2.28 bits per heavy atom. The van der Waals surface area contributed by atoms with Crippen LogP contribution in [0.2, 0.25) is 0 Å². The molecule has 0 bridgehead atoms. The van der Waals surface area contributed by atoms with Crippen LogP contribution in [0, 0.1) is 5.41 Å². The molecular formula is C11H19N3O4. The molecule has 4 N–H and O–H groups in total. The number of carboxylic acid groups (broad SMARTS) is 1. The second-order valence-electron chi connectivity index (χ2n) is 4.56. The molecule has 7 heteroatoms. The number of amides is 3. The second-order valence-corrected chi connectivity index (χ2v) is 4.56. The number of aliphatic carboxylic acids is 1. The van der Waals surface area contributed by atoms with Gasteiger partial charge < -0.3 is 21.1 Å². The average molecular weight is 257 g/mol. The molecule has 0 unspecified atom stereocenters. The molecule has 102 valence electrons. The van der Waals surface area contributed by atoms with E-state index < -0.39 is 24.5 Å². The number of carbonyl (C=O) groups is 3. The van der Waals surface area contributed by atoms with Crippen molar-refractivity contribution in [2.45, 2.75) is 26.2 Å². The van der Waals surface area contributed by atoms with Crippen LogP contribution in [0.15, 0.2) is 0 Å². The van der Waals surface area contributed by atoms with Crippen LogP contribution in [-0.4, -0.2) is 42.6 Å². The Labute approximate surface area is 105 Å². The highest BCUT2D eigenvalue weighted by Crippen LogP contribution is 2.47. The minimum absolute atomic E-state index is 0.224. The maximum atomic E-state index is 11.4. The van der Waals surface area contributed by atoms with Crippen molar-refractivity contribution in [2.24, 2.45) is 5.41 Å². The third-order valence-corrected chi connectivity index (χ3v) is 3.18. The van der Waals surface area contributed by atoms with E-state index in [1.54, 1.807) is 0 Å². The lowest BCUT2D eigenvalue weighted by atomic mass is 10.0. The fraction of sp³-hybridized carbons (Fsp3) is 0.727. The first-order chi connectivity index (χ1) is 8.47. The van der Waals surface area contributed by atoms with Crippen molar-refractivity contribution in [3.05, 3.63) is 0 Å². The Morgan fingerprint density at radius 2 is 1.78 bits per heavy atom. The molecule has 0 aromatic carbocycles. The van der Waals surface area contributed by atoms with Crippen LogP contribution in [0.5, 0.6) is 0 Å². The average Bonchev–Trinajstić information content (AvgIpc) is 3.12. The van der Waals surface area contributed by atoms with Gasteiger partial charge in [0.2, 0.25) is 5.91 Å². The van der Waals surface area contributed by atoms with E-state index in [4.69, 9.17) is 5.11 Å². The SMILES string of the molecule is CCC1(CNC(=O)NCC(=O)NCC(=O)O)CC1. The molecule has 1 fully saturated rings. The van der Waals surface area contributed by atoms with Gasteiger partial charge in [0.25, 0.3) is 0 Å². The molecule has 7 nitrogen and oxygen atoms in total. The predicted octanol–water partition coefficient (Wildman–Crippen LogP) is -0.323. The molecule has 1 saturated carbocycles. The van der Waals surface area contributed by atoms with Crippen LogP contribution in [0.1, 0.15) is 26.2 Å². The van der Waals surface area contributed by atoms with Crippen molar-refractivity contribution in [1.82, 2.24) is 16.0 Å². The summed E-state index contributed by atoms with van der Waals surface area (Å²) in [6.07, 6.45) is 3.29. The van der Waals surface area contributed by atoms with E-state index in [0.717, 1.165) is 19.3 Å². The van der Waals surface area contributed by atoms with Crippen molar-refractivity contribution < 1.29 is 19.5 Å². The van der Waals surface area contributed by atoms with Crippen molar-refractivity contribution in [3.63, 3.8) is 0 Å². The normalized spacial score (nSPS) is 15.6. The zero-order valence-corrected chi connectivity index (χ0v) is 10.4. The number of carboxylic acids is 1. The summed E-state index contributed by atoms with van der Waals surface area (Å²) in [6, 6.07) is -0.403. The van der Waals surface area contributed by atoms with Gasteiger partial charge in [-0.1, -0.05) is 6.92 Å². The molecule has 1 aliphatic rings. The van der Waals surface area contributed by atoms with Gasteiger partial charge in [0.05, 0.1) is 6.54 Å². The maximum absolute atomic E-state index is 11.4. The first kappa shape index (κ1) is 14.3. The molecule has 1 rings (SSSR count). The standard InChI is InChI=1S/C11H19N3O4/c1-2-11(3-4-11)7-14-10(18)13-5-8(15)12-6-9(16)17/h2-7H2,1H3,(H,12,15)(H,16,17)(H2,13,14,18). The number of nitrogens with one attached hydrogen (secondary N) is 3. The van der Waals surface area contributed by atoms with Crippen LogP contribution >= 0.6 is 0 Å². The zero-order valence-electron chi connectivity index (χ0n) is 10.4. The largest absolute Gasteiger partial charge is 0.480 e. The number of urea groups is 1. The summed E-state index contributed by atoms with van der Waals surface area (Å²) in [6.45, 7) is 2.04. The van der Waals surface area contributed by atoms with E-state index >= 15 is 0 Å². The van der Waals surface area contributed by atoms with E-state index in [1.807, 2.05) is 0 Å². The molecule has 0 spiro atoms. The molecule has 0 radical (unpaired) electrons. The molecule has 0 aliphatic heterocycles. The number of hydrogen-bond donors (Lipinski definition) is 4. The van der Waals surface area contributed by atoms with Gasteiger partial charge >= 0.3 is 12.0 Å². The Kier molecular flexibility index (Phi) is 4.94. The molecule has 0 aromatic heterocycles. The van der Waals surface area contributed by atoms with E-state index in [9.17, 15) is 14.4 Å². The van der Waals surface area contributed by atoms with Gasteiger partial charge in [-0.25, -0.2) is 4.79 Å². The van der Waals surface area contributed by atoms with Gasteiger partial charge in [-0.2, -0.15) is 0 Å². The van der Waals surface area contributed by atoms with Gasteiger partial charge in [0, 0.05) is 6.54 Å². The van der Waals surface area contributed by atoms with Crippen LogP contribution in [0.3, 0.4) is 0 Å². The number of rotatable bonds is 7. The topological polar surface area (TPSA) is 108 Å². The first-order valence-corrected chi connectivity index (χ1v) is 5.98. The Balaban J connectivity index is 2.09. The molecule has 1 aliphatic carbocycles. The zero-order chi connectivity index (χ0) is 13.6. The summed E-state index contributed by atoms with van der Waals surface area (Å²) in [7, 11) is 0. The highest BCUT2D eigenvalue weighted by Gasteiger charge is 2.40. The first-order valence-electron chi connectivity index (χ1n) is 5.98. The van der Waals surface area contributed by atoms with Crippen molar-refractivity contribution in [2.75, 3.05) is 19.6 Å². The van der Waals surface area contributed by atoms with Gasteiger partial charge in [0.15, 0.2) is 0 Å². The van der Waals surface area contributed by atoms with Gasteiger partial charge in [-0.05, 0) is 24.7 Å².